The lowest BCUT2D eigenvalue weighted by Crippen LogP contribution is -2.42. The monoisotopic (exact) mass is 222 g/mol. The molecule has 0 amide bonds. The van der Waals surface area contributed by atoms with Gasteiger partial charge in [-0.05, 0) is 18.1 Å². The number of anilines is 1. The number of hydrogen-bond acceptors (Lipinski definition) is 4. The Balaban J connectivity index is 2.05. The molecule has 1 saturated heterocycles. The molecule has 4 nitrogen and oxygen atoms in total. The van der Waals surface area contributed by atoms with Crippen LogP contribution in [0.15, 0.2) is 18.3 Å². The third-order valence-corrected chi connectivity index (χ3v) is 2.91. The first-order valence-corrected chi connectivity index (χ1v) is 5.75. The van der Waals surface area contributed by atoms with Crippen molar-refractivity contribution in [3.8, 4) is 0 Å². The van der Waals surface area contributed by atoms with E-state index in [1.54, 1.807) is 6.20 Å². The second-order valence-corrected chi connectivity index (χ2v) is 4.03. The maximum Gasteiger partial charge on any atom is 0.128 e. The summed E-state index contributed by atoms with van der Waals surface area (Å²) in [5.74, 6) is 0.971. The molecular formula is C12H18N2O2. The fourth-order valence-electron chi connectivity index (χ4n) is 1.87. The lowest BCUT2D eigenvalue weighted by Gasteiger charge is -2.33. The van der Waals surface area contributed by atoms with E-state index < -0.39 is 0 Å². The first-order valence-electron chi connectivity index (χ1n) is 5.75. The van der Waals surface area contributed by atoms with Crippen LogP contribution in [-0.4, -0.2) is 35.9 Å². The minimum atomic E-state index is 0.0496. The highest BCUT2D eigenvalue weighted by Gasteiger charge is 2.19. The van der Waals surface area contributed by atoms with Gasteiger partial charge in [-0.3, -0.25) is 0 Å². The summed E-state index contributed by atoms with van der Waals surface area (Å²) in [5.41, 5.74) is 0.851. The van der Waals surface area contributed by atoms with Crippen LogP contribution in [0.1, 0.15) is 18.9 Å². The van der Waals surface area contributed by atoms with Crippen LogP contribution in [0.4, 0.5) is 5.82 Å². The summed E-state index contributed by atoms with van der Waals surface area (Å²) < 4.78 is 5.61. The van der Waals surface area contributed by atoms with Gasteiger partial charge in [0, 0.05) is 19.3 Å². The lowest BCUT2D eigenvalue weighted by molar-refractivity contribution is 0.0381. The Kier molecular flexibility index (Phi) is 3.74. The van der Waals surface area contributed by atoms with Gasteiger partial charge in [0.25, 0.3) is 0 Å². The molecule has 0 aromatic carbocycles. The molecule has 2 heterocycles. The van der Waals surface area contributed by atoms with E-state index in [2.05, 4.69) is 16.8 Å². The van der Waals surface area contributed by atoms with Crippen molar-refractivity contribution < 1.29 is 9.84 Å². The highest BCUT2D eigenvalue weighted by molar-refractivity contribution is 5.39. The van der Waals surface area contributed by atoms with Gasteiger partial charge in [0.05, 0.1) is 19.3 Å². The average molecular weight is 222 g/mol. The SMILES string of the molecule is CCC1CN(c2ccc(CO)cn2)CCO1. The predicted molar refractivity (Wildman–Crippen MR) is 62.4 cm³/mol. The maximum atomic E-state index is 8.95. The second kappa shape index (κ2) is 5.27. The average Bonchev–Trinajstić information content (AvgIpc) is 2.39. The Labute approximate surface area is 95.9 Å². The summed E-state index contributed by atoms with van der Waals surface area (Å²) in [6.07, 6.45) is 3.07. The first kappa shape index (κ1) is 11.4. The van der Waals surface area contributed by atoms with E-state index in [1.807, 2.05) is 12.1 Å². The third kappa shape index (κ3) is 2.51. The molecule has 1 aliphatic heterocycles. The lowest BCUT2D eigenvalue weighted by atomic mass is 10.2. The second-order valence-electron chi connectivity index (χ2n) is 4.03. The topological polar surface area (TPSA) is 45.6 Å². The number of aliphatic hydroxyl groups is 1. The molecule has 1 N–H and O–H groups in total. The van der Waals surface area contributed by atoms with E-state index in [-0.39, 0.29) is 6.61 Å². The first-order chi connectivity index (χ1) is 7.83. The van der Waals surface area contributed by atoms with Crippen molar-refractivity contribution in [1.82, 2.24) is 4.98 Å². The summed E-state index contributed by atoms with van der Waals surface area (Å²) in [4.78, 5) is 6.59. The van der Waals surface area contributed by atoms with Crippen LogP contribution in [-0.2, 0) is 11.3 Å². The summed E-state index contributed by atoms with van der Waals surface area (Å²) in [5, 5.41) is 8.95. The van der Waals surface area contributed by atoms with E-state index in [9.17, 15) is 0 Å². The Morgan fingerprint density at radius 1 is 1.56 bits per heavy atom. The van der Waals surface area contributed by atoms with Crippen molar-refractivity contribution >= 4 is 5.82 Å². The van der Waals surface area contributed by atoms with Gasteiger partial charge in [0.15, 0.2) is 0 Å². The number of morpholine rings is 1. The predicted octanol–water partition coefficient (Wildman–Crippen LogP) is 1.19. The van der Waals surface area contributed by atoms with Gasteiger partial charge >= 0.3 is 0 Å². The summed E-state index contributed by atoms with van der Waals surface area (Å²) in [6.45, 7) is 4.75. The number of aromatic nitrogens is 1. The molecule has 0 aliphatic carbocycles. The van der Waals surface area contributed by atoms with Crippen molar-refractivity contribution in [2.45, 2.75) is 26.1 Å². The van der Waals surface area contributed by atoms with E-state index >= 15 is 0 Å². The van der Waals surface area contributed by atoms with Crippen molar-refractivity contribution in [2.75, 3.05) is 24.6 Å². The van der Waals surface area contributed by atoms with E-state index in [0.29, 0.717) is 6.10 Å². The minimum Gasteiger partial charge on any atom is -0.392 e. The third-order valence-electron chi connectivity index (χ3n) is 2.91. The van der Waals surface area contributed by atoms with Crippen LogP contribution < -0.4 is 4.90 Å². The van der Waals surface area contributed by atoms with Crippen LogP contribution in [0, 0.1) is 0 Å². The molecule has 0 saturated carbocycles. The smallest absolute Gasteiger partial charge is 0.128 e. The molecule has 0 radical (unpaired) electrons. The maximum absolute atomic E-state index is 8.95. The largest absolute Gasteiger partial charge is 0.392 e. The molecule has 2 rings (SSSR count). The van der Waals surface area contributed by atoms with E-state index in [1.165, 1.54) is 0 Å². The number of pyridine rings is 1. The molecule has 1 fully saturated rings. The van der Waals surface area contributed by atoms with Gasteiger partial charge in [-0.15, -0.1) is 0 Å². The molecule has 1 atom stereocenters. The molecular weight excluding hydrogens is 204 g/mol. The van der Waals surface area contributed by atoms with Gasteiger partial charge in [-0.25, -0.2) is 4.98 Å². The molecule has 0 spiro atoms. The quantitative estimate of drug-likeness (QED) is 0.834. The fraction of sp³-hybridized carbons (Fsp3) is 0.583. The highest BCUT2D eigenvalue weighted by Crippen LogP contribution is 2.16. The number of hydrogen-bond donors (Lipinski definition) is 1. The van der Waals surface area contributed by atoms with E-state index in [0.717, 1.165) is 37.5 Å². The molecule has 16 heavy (non-hydrogen) atoms. The van der Waals surface area contributed by atoms with Gasteiger partial charge < -0.3 is 14.7 Å². The Morgan fingerprint density at radius 3 is 3.06 bits per heavy atom. The van der Waals surface area contributed by atoms with Crippen LogP contribution in [0.3, 0.4) is 0 Å². The molecule has 1 aromatic heterocycles. The fourth-order valence-corrected chi connectivity index (χ4v) is 1.87. The molecule has 1 unspecified atom stereocenters. The normalized spacial score (nSPS) is 21.1. The van der Waals surface area contributed by atoms with Gasteiger partial charge in [-0.2, -0.15) is 0 Å². The minimum absolute atomic E-state index is 0.0496. The van der Waals surface area contributed by atoms with Crippen LogP contribution >= 0.6 is 0 Å². The van der Waals surface area contributed by atoms with Crippen molar-refractivity contribution in [3.63, 3.8) is 0 Å². The number of rotatable bonds is 3. The van der Waals surface area contributed by atoms with Crippen LogP contribution in [0.2, 0.25) is 0 Å². The van der Waals surface area contributed by atoms with Crippen LogP contribution in [0.25, 0.3) is 0 Å². The van der Waals surface area contributed by atoms with Gasteiger partial charge in [0.1, 0.15) is 5.82 Å². The zero-order valence-electron chi connectivity index (χ0n) is 9.59. The summed E-state index contributed by atoms with van der Waals surface area (Å²) >= 11 is 0. The van der Waals surface area contributed by atoms with E-state index in [4.69, 9.17) is 9.84 Å². The number of nitrogens with zero attached hydrogens (tertiary/aromatic N) is 2. The molecule has 88 valence electrons. The number of ether oxygens (including phenoxy) is 1. The molecule has 0 bridgehead atoms. The molecule has 4 heteroatoms. The van der Waals surface area contributed by atoms with Gasteiger partial charge in [-0.1, -0.05) is 13.0 Å². The van der Waals surface area contributed by atoms with Crippen molar-refractivity contribution in [3.05, 3.63) is 23.9 Å². The Hall–Kier alpha value is -1.13. The highest BCUT2D eigenvalue weighted by atomic mass is 16.5. The van der Waals surface area contributed by atoms with Crippen molar-refractivity contribution in [1.29, 1.82) is 0 Å². The standard InChI is InChI=1S/C12H18N2O2/c1-2-11-8-14(5-6-16-11)12-4-3-10(9-15)7-13-12/h3-4,7,11,15H,2,5-6,8-9H2,1H3. The molecule has 1 aliphatic rings. The zero-order chi connectivity index (χ0) is 11.4. The Morgan fingerprint density at radius 2 is 2.44 bits per heavy atom. The van der Waals surface area contributed by atoms with Gasteiger partial charge in [0.2, 0.25) is 0 Å². The summed E-state index contributed by atoms with van der Waals surface area (Å²) in [6, 6.07) is 3.88. The van der Waals surface area contributed by atoms with Crippen molar-refractivity contribution in [2.24, 2.45) is 0 Å². The molecule has 1 aromatic rings. The number of aliphatic hydroxyl groups excluding tert-OH is 1. The zero-order valence-corrected chi connectivity index (χ0v) is 9.59. The Bertz CT molecular complexity index is 326. The van der Waals surface area contributed by atoms with Crippen LogP contribution in [0.5, 0.6) is 0 Å². The summed E-state index contributed by atoms with van der Waals surface area (Å²) in [7, 11) is 0.